The van der Waals surface area contributed by atoms with E-state index in [1.165, 1.54) is 12.1 Å². The Morgan fingerprint density at radius 3 is 2.23 bits per heavy atom. The highest BCUT2D eigenvalue weighted by Crippen LogP contribution is 2.14. The molecule has 0 aliphatic rings. The fourth-order valence-electron chi connectivity index (χ4n) is 2.68. The number of rotatable bonds is 10. The monoisotopic (exact) mass is 503 g/mol. The Balaban J connectivity index is 1.63. The molecule has 35 heavy (non-hydrogen) atoms. The molecule has 2 rings (SSSR count). The normalized spacial score (nSPS) is 10.3. The molecule has 2 aromatic rings. The van der Waals surface area contributed by atoms with Crippen LogP contribution >= 0.6 is 11.6 Å². The van der Waals surface area contributed by atoms with E-state index in [1.54, 1.807) is 50.2 Å². The summed E-state index contributed by atoms with van der Waals surface area (Å²) in [4.78, 5) is 59.4. The molecule has 0 radical (unpaired) electrons. The molecule has 0 aliphatic carbocycles. The van der Waals surface area contributed by atoms with Crippen LogP contribution in [-0.2, 0) is 23.9 Å². The van der Waals surface area contributed by atoms with Crippen LogP contribution in [0.5, 0.6) is 0 Å². The molecule has 0 aromatic heterocycles. The lowest BCUT2D eigenvalue weighted by Gasteiger charge is -2.09. The van der Waals surface area contributed by atoms with Crippen molar-refractivity contribution >= 4 is 46.9 Å². The first kappa shape index (κ1) is 27.3. The standard InChI is InChI=1S/C24H26ClN3O7/c1-15(2)35-24(33)16-10-12-17(13-11-16)26-20(29)8-5-9-22(31)34-14-21(30)27-28-23(32)18-6-3-4-7-19(18)25/h3-4,6-7,10-13,15H,5,8-9,14H2,1-2H3,(H,26,29)(H,27,30)(H,28,32). The molecular formula is C24H26ClN3O7. The van der Waals surface area contributed by atoms with Crippen molar-refractivity contribution in [3.8, 4) is 0 Å². The van der Waals surface area contributed by atoms with Crippen molar-refractivity contribution < 1.29 is 33.4 Å². The average Bonchev–Trinajstić information content (AvgIpc) is 2.81. The number of carbonyl (C=O) groups is 5. The van der Waals surface area contributed by atoms with Gasteiger partial charge in [0.2, 0.25) is 5.91 Å². The molecule has 0 spiro atoms. The number of hydrazine groups is 1. The van der Waals surface area contributed by atoms with Gasteiger partial charge in [0.1, 0.15) is 0 Å². The fraction of sp³-hybridized carbons (Fsp3) is 0.292. The van der Waals surface area contributed by atoms with Crippen LogP contribution < -0.4 is 16.2 Å². The third-order valence-electron chi connectivity index (χ3n) is 4.33. The molecule has 3 N–H and O–H groups in total. The molecule has 0 atom stereocenters. The fourth-order valence-corrected chi connectivity index (χ4v) is 2.90. The summed E-state index contributed by atoms with van der Waals surface area (Å²) in [6.07, 6.45) is -0.0593. The van der Waals surface area contributed by atoms with Crippen molar-refractivity contribution in [1.82, 2.24) is 10.9 Å². The van der Waals surface area contributed by atoms with Gasteiger partial charge in [0.25, 0.3) is 11.8 Å². The number of nitrogens with one attached hydrogen (secondary N) is 3. The molecule has 2 aromatic carbocycles. The van der Waals surface area contributed by atoms with E-state index < -0.39 is 30.4 Å². The zero-order chi connectivity index (χ0) is 25.8. The minimum atomic E-state index is -0.739. The number of halogens is 1. The molecule has 0 fully saturated rings. The van der Waals surface area contributed by atoms with Gasteiger partial charge < -0.3 is 14.8 Å². The number of hydrogen-bond acceptors (Lipinski definition) is 7. The molecule has 0 bridgehead atoms. The highest BCUT2D eigenvalue weighted by Gasteiger charge is 2.13. The van der Waals surface area contributed by atoms with Gasteiger partial charge in [0.05, 0.1) is 22.3 Å². The van der Waals surface area contributed by atoms with Crippen molar-refractivity contribution in [3.63, 3.8) is 0 Å². The lowest BCUT2D eigenvalue weighted by molar-refractivity contribution is -0.148. The Hall–Kier alpha value is -3.92. The second kappa shape index (κ2) is 13.7. The Bertz CT molecular complexity index is 1070. The summed E-state index contributed by atoms with van der Waals surface area (Å²) in [5.74, 6) is -2.80. The summed E-state index contributed by atoms with van der Waals surface area (Å²) in [7, 11) is 0. The number of amides is 3. The van der Waals surface area contributed by atoms with Crippen molar-refractivity contribution in [2.24, 2.45) is 0 Å². The van der Waals surface area contributed by atoms with Gasteiger partial charge in [0, 0.05) is 18.5 Å². The predicted octanol–water partition coefficient (Wildman–Crippen LogP) is 3.02. The first-order chi connectivity index (χ1) is 16.7. The first-order valence-corrected chi connectivity index (χ1v) is 11.1. The molecule has 11 heteroatoms. The lowest BCUT2D eigenvalue weighted by Crippen LogP contribution is -2.43. The largest absolute Gasteiger partial charge is 0.459 e. The van der Waals surface area contributed by atoms with Gasteiger partial charge in [-0.3, -0.25) is 30.0 Å². The van der Waals surface area contributed by atoms with E-state index in [4.69, 9.17) is 21.1 Å². The van der Waals surface area contributed by atoms with Crippen molar-refractivity contribution in [3.05, 3.63) is 64.7 Å². The highest BCUT2D eigenvalue weighted by atomic mass is 35.5. The molecule has 186 valence electrons. The first-order valence-electron chi connectivity index (χ1n) is 10.8. The third-order valence-corrected chi connectivity index (χ3v) is 4.66. The number of esters is 2. The van der Waals surface area contributed by atoms with E-state index in [9.17, 15) is 24.0 Å². The summed E-state index contributed by atoms with van der Waals surface area (Å²) in [6, 6.07) is 12.5. The van der Waals surface area contributed by atoms with Crippen molar-refractivity contribution in [2.75, 3.05) is 11.9 Å². The maximum atomic E-state index is 12.0. The topological polar surface area (TPSA) is 140 Å². The lowest BCUT2D eigenvalue weighted by atomic mass is 10.2. The smallest absolute Gasteiger partial charge is 0.338 e. The van der Waals surface area contributed by atoms with Crippen LogP contribution in [0.15, 0.2) is 48.5 Å². The SMILES string of the molecule is CC(C)OC(=O)c1ccc(NC(=O)CCCC(=O)OCC(=O)NNC(=O)c2ccccc2Cl)cc1. The quantitative estimate of drug-likeness (QED) is 0.334. The summed E-state index contributed by atoms with van der Waals surface area (Å²) < 4.78 is 9.92. The van der Waals surface area contributed by atoms with Crippen LogP contribution in [-0.4, -0.2) is 42.4 Å². The highest BCUT2D eigenvalue weighted by molar-refractivity contribution is 6.33. The molecule has 10 nitrogen and oxygen atoms in total. The van der Waals surface area contributed by atoms with Crippen LogP contribution in [0.2, 0.25) is 5.02 Å². The molecule has 0 unspecified atom stereocenters. The Labute approximate surface area is 207 Å². The van der Waals surface area contributed by atoms with E-state index in [2.05, 4.69) is 16.2 Å². The minimum Gasteiger partial charge on any atom is -0.459 e. The zero-order valence-corrected chi connectivity index (χ0v) is 20.0. The van der Waals surface area contributed by atoms with E-state index in [1.807, 2.05) is 0 Å². The maximum Gasteiger partial charge on any atom is 0.338 e. The summed E-state index contributed by atoms with van der Waals surface area (Å²) in [5, 5.41) is 2.88. The number of carbonyl (C=O) groups excluding carboxylic acids is 5. The van der Waals surface area contributed by atoms with Gasteiger partial charge in [-0.1, -0.05) is 23.7 Å². The summed E-state index contributed by atoms with van der Waals surface area (Å²) >= 11 is 5.90. The Kier molecular flexibility index (Phi) is 10.7. The van der Waals surface area contributed by atoms with Crippen LogP contribution in [0.25, 0.3) is 0 Å². The Morgan fingerprint density at radius 2 is 1.57 bits per heavy atom. The van der Waals surface area contributed by atoms with Crippen molar-refractivity contribution in [1.29, 1.82) is 0 Å². The van der Waals surface area contributed by atoms with Crippen LogP contribution in [0.3, 0.4) is 0 Å². The minimum absolute atomic E-state index is 0.0479. The van der Waals surface area contributed by atoms with E-state index in [-0.39, 0.29) is 41.9 Å². The van der Waals surface area contributed by atoms with Gasteiger partial charge in [-0.2, -0.15) is 0 Å². The van der Waals surface area contributed by atoms with Gasteiger partial charge in [0.15, 0.2) is 6.61 Å². The van der Waals surface area contributed by atoms with Crippen molar-refractivity contribution in [2.45, 2.75) is 39.2 Å². The van der Waals surface area contributed by atoms with Gasteiger partial charge in [-0.25, -0.2) is 4.79 Å². The number of hydrogen-bond donors (Lipinski definition) is 3. The maximum absolute atomic E-state index is 12.0. The van der Waals surface area contributed by atoms with Crippen LogP contribution in [0.4, 0.5) is 5.69 Å². The van der Waals surface area contributed by atoms with Gasteiger partial charge >= 0.3 is 11.9 Å². The third kappa shape index (κ3) is 9.85. The molecule has 0 saturated heterocycles. The second-order valence-corrected chi connectivity index (χ2v) is 7.98. The molecule has 0 heterocycles. The molecule has 0 saturated carbocycles. The second-order valence-electron chi connectivity index (χ2n) is 7.58. The molecule has 3 amide bonds. The van der Waals surface area contributed by atoms with E-state index in [0.29, 0.717) is 11.3 Å². The number of anilines is 1. The van der Waals surface area contributed by atoms with E-state index in [0.717, 1.165) is 0 Å². The number of ether oxygens (including phenoxy) is 2. The van der Waals surface area contributed by atoms with Crippen LogP contribution in [0, 0.1) is 0 Å². The Morgan fingerprint density at radius 1 is 0.886 bits per heavy atom. The van der Waals surface area contributed by atoms with Gasteiger partial charge in [-0.15, -0.1) is 0 Å². The van der Waals surface area contributed by atoms with E-state index >= 15 is 0 Å². The summed E-state index contributed by atoms with van der Waals surface area (Å²) in [6.45, 7) is 2.90. The van der Waals surface area contributed by atoms with Crippen LogP contribution in [0.1, 0.15) is 53.8 Å². The molecule has 0 aliphatic heterocycles. The zero-order valence-electron chi connectivity index (χ0n) is 19.3. The molecular weight excluding hydrogens is 478 g/mol. The number of benzene rings is 2. The summed E-state index contributed by atoms with van der Waals surface area (Å²) in [5.41, 5.74) is 5.32. The average molecular weight is 504 g/mol. The predicted molar refractivity (Wildman–Crippen MR) is 127 cm³/mol. The van der Waals surface area contributed by atoms with Gasteiger partial charge in [-0.05, 0) is 56.7 Å².